The number of fused-ring (bicyclic) bond motifs is 1. The molecule has 118 valence electrons. The van der Waals surface area contributed by atoms with Crippen LogP contribution in [0.15, 0.2) is 36.4 Å². The molecule has 1 N–H and O–H groups in total. The SMILES string of the molecule is CCCOc1ccc(NC(=O)C(C)(C)OC)c2ccccc12. The van der Waals surface area contributed by atoms with Crippen LogP contribution in [0.2, 0.25) is 0 Å². The first-order valence-electron chi connectivity index (χ1n) is 7.50. The highest BCUT2D eigenvalue weighted by molar-refractivity contribution is 6.06. The Morgan fingerprint density at radius 3 is 2.45 bits per heavy atom. The third-order valence-electron chi connectivity index (χ3n) is 3.65. The zero-order chi connectivity index (χ0) is 16.2. The minimum absolute atomic E-state index is 0.178. The first-order chi connectivity index (χ1) is 10.5. The molecule has 0 aliphatic carbocycles. The van der Waals surface area contributed by atoms with Crippen LogP contribution < -0.4 is 10.1 Å². The summed E-state index contributed by atoms with van der Waals surface area (Å²) in [5, 5.41) is 4.88. The largest absolute Gasteiger partial charge is 0.493 e. The van der Waals surface area contributed by atoms with Gasteiger partial charge in [0.25, 0.3) is 5.91 Å². The Kier molecular flexibility index (Phi) is 5.03. The molecule has 0 aliphatic heterocycles. The number of benzene rings is 2. The number of rotatable bonds is 6. The summed E-state index contributed by atoms with van der Waals surface area (Å²) in [5.74, 6) is 0.656. The van der Waals surface area contributed by atoms with E-state index >= 15 is 0 Å². The van der Waals surface area contributed by atoms with E-state index in [-0.39, 0.29) is 5.91 Å². The van der Waals surface area contributed by atoms with Crippen LogP contribution in [0.25, 0.3) is 10.8 Å². The van der Waals surface area contributed by atoms with Crippen molar-refractivity contribution < 1.29 is 14.3 Å². The standard InChI is InChI=1S/C18H23NO3/c1-5-12-22-16-11-10-15(13-8-6-7-9-14(13)16)19-17(20)18(2,3)21-4/h6-11H,5,12H2,1-4H3,(H,19,20). The second kappa shape index (κ2) is 6.79. The number of carbonyl (C=O) groups is 1. The highest BCUT2D eigenvalue weighted by Gasteiger charge is 2.27. The molecule has 0 unspecified atom stereocenters. The van der Waals surface area contributed by atoms with Gasteiger partial charge in [-0.25, -0.2) is 0 Å². The molecule has 0 radical (unpaired) electrons. The zero-order valence-electron chi connectivity index (χ0n) is 13.6. The van der Waals surface area contributed by atoms with Gasteiger partial charge in [-0.05, 0) is 32.4 Å². The number of carbonyl (C=O) groups excluding carboxylic acids is 1. The van der Waals surface area contributed by atoms with Crippen molar-refractivity contribution in [1.29, 1.82) is 0 Å². The number of ether oxygens (including phenoxy) is 2. The third-order valence-corrected chi connectivity index (χ3v) is 3.65. The number of anilines is 1. The minimum Gasteiger partial charge on any atom is -0.493 e. The van der Waals surface area contributed by atoms with Crippen molar-refractivity contribution in [3.8, 4) is 5.75 Å². The van der Waals surface area contributed by atoms with Gasteiger partial charge in [-0.3, -0.25) is 4.79 Å². The van der Waals surface area contributed by atoms with Gasteiger partial charge in [0.05, 0.1) is 6.61 Å². The van der Waals surface area contributed by atoms with Crippen LogP contribution in [0.5, 0.6) is 5.75 Å². The van der Waals surface area contributed by atoms with E-state index in [2.05, 4.69) is 12.2 Å². The average molecular weight is 301 g/mol. The summed E-state index contributed by atoms with van der Waals surface area (Å²) in [6, 6.07) is 11.7. The highest BCUT2D eigenvalue weighted by Crippen LogP contribution is 2.32. The Morgan fingerprint density at radius 1 is 1.14 bits per heavy atom. The summed E-state index contributed by atoms with van der Waals surface area (Å²) < 4.78 is 11.0. The molecule has 1 amide bonds. The molecular formula is C18H23NO3. The fourth-order valence-electron chi connectivity index (χ4n) is 2.08. The molecule has 22 heavy (non-hydrogen) atoms. The fourth-order valence-corrected chi connectivity index (χ4v) is 2.08. The quantitative estimate of drug-likeness (QED) is 0.877. The molecule has 4 heteroatoms. The van der Waals surface area contributed by atoms with Crippen molar-refractivity contribution in [1.82, 2.24) is 0 Å². The average Bonchev–Trinajstić information content (AvgIpc) is 2.54. The smallest absolute Gasteiger partial charge is 0.256 e. The lowest BCUT2D eigenvalue weighted by molar-refractivity contribution is -0.133. The van der Waals surface area contributed by atoms with E-state index in [0.717, 1.165) is 28.6 Å². The molecule has 4 nitrogen and oxygen atoms in total. The normalized spacial score (nSPS) is 11.5. The number of hydrogen-bond donors (Lipinski definition) is 1. The Labute approximate surface area is 131 Å². The zero-order valence-corrected chi connectivity index (χ0v) is 13.6. The second-order valence-electron chi connectivity index (χ2n) is 5.67. The Hall–Kier alpha value is -2.07. The molecule has 2 aromatic rings. The van der Waals surface area contributed by atoms with E-state index in [1.54, 1.807) is 13.8 Å². The third kappa shape index (κ3) is 3.39. The van der Waals surface area contributed by atoms with Crippen LogP contribution in [0.1, 0.15) is 27.2 Å². The van der Waals surface area contributed by atoms with Crippen LogP contribution in [0, 0.1) is 0 Å². The number of nitrogens with one attached hydrogen (secondary N) is 1. The van der Waals surface area contributed by atoms with Crippen molar-refractivity contribution in [2.24, 2.45) is 0 Å². The van der Waals surface area contributed by atoms with Crippen LogP contribution in [0.4, 0.5) is 5.69 Å². The lowest BCUT2D eigenvalue weighted by Gasteiger charge is -2.22. The van der Waals surface area contributed by atoms with Gasteiger partial charge >= 0.3 is 0 Å². The van der Waals surface area contributed by atoms with Crippen molar-refractivity contribution >= 4 is 22.4 Å². The maximum atomic E-state index is 12.3. The van der Waals surface area contributed by atoms with Crippen LogP contribution in [-0.2, 0) is 9.53 Å². The topological polar surface area (TPSA) is 47.6 Å². The summed E-state index contributed by atoms with van der Waals surface area (Å²) in [4.78, 5) is 12.3. The number of amides is 1. The molecule has 0 aliphatic rings. The lowest BCUT2D eigenvalue weighted by atomic mass is 10.1. The molecule has 2 rings (SSSR count). The molecule has 0 atom stereocenters. The van der Waals surface area contributed by atoms with Crippen molar-refractivity contribution in [2.45, 2.75) is 32.8 Å². The summed E-state index contributed by atoms with van der Waals surface area (Å²) in [5.41, 5.74) is -0.118. The highest BCUT2D eigenvalue weighted by atomic mass is 16.5. The molecule has 0 saturated carbocycles. The van der Waals surface area contributed by atoms with E-state index in [0.29, 0.717) is 6.61 Å². The van der Waals surface area contributed by atoms with E-state index in [1.807, 2.05) is 36.4 Å². The molecule has 2 aromatic carbocycles. The fraction of sp³-hybridized carbons (Fsp3) is 0.389. The summed E-state index contributed by atoms with van der Waals surface area (Å²) in [6.07, 6.45) is 0.953. The van der Waals surface area contributed by atoms with Gasteiger partial charge in [0.1, 0.15) is 11.4 Å². The Morgan fingerprint density at radius 2 is 1.82 bits per heavy atom. The van der Waals surface area contributed by atoms with Gasteiger partial charge in [-0.15, -0.1) is 0 Å². The molecule has 0 aromatic heterocycles. The summed E-state index contributed by atoms with van der Waals surface area (Å²) >= 11 is 0. The van der Waals surface area contributed by atoms with Crippen molar-refractivity contribution in [3.05, 3.63) is 36.4 Å². The molecule has 0 saturated heterocycles. The van der Waals surface area contributed by atoms with Crippen molar-refractivity contribution in [2.75, 3.05) is 19.0 Å². The minimum atomic E-state index is -0.877. The maximum Gasteiger partial charge on any atom is 0.256 e. The van der Waals surface area contributed by atoms with E-state index in [9.17, 15) is 4.79 Å². The Bertz CT molecular complexity index is 664. The first-order valence-corrected chi connectivity index (χ1v) is 7.50. The maximum absolute atomic E-state index is 12.3. The van der Waals surface area contributed by atoms with Gasteiger partial charge in [-0.2, -0.15) is 0 Å². The van der Waals surface area contributed by atoms with Crippen LogP contribution >= 0.6 is 0 Å². The molecule has 0 spiro atoms. The molecule has 0 fully saturated rings. The predicted octanol–water partition coefficient (Wildman–Crippen LogP) is 3.99. The van der Waals surface area contributed by atoms with Gasteiger partial charge in [0.15, 0.2) is 0 Å². The number of methoxy groups -OCH3 is 1. The van der Waals surface area contributed by atoms with E-state index in [4.69, 9.17) is 9.47 Å². The predicted molar refractivity (Wildman–Crippen MR) is 89.5 cm³/mol. The van der Waals surface area contributed by atoms with Crippen LogP contribution in [-0.4, -0.2) is 25.2 Å². The first kappa shape index (κ1) is 16.3. The van der Waals surface area contributed by atoms with Gasteiger partial charge in [0, 0.05) is 23.6 Å². The van der Waals surface area contributed by atoms with Crippen molar-refractivity contribution in [3.63, 3.8) is 0 Å². The van der Waals surface area contributed by atoms with Crippen LogP contribution in [0.3, 0.4) is 0 Å². The molecule has 0 heterocycles. The second-order valence-corrected chi connectivity index (χ2v) is 5.67. The molecular weight excluding hydrogens is 278 g/mol. The Balaban J connectivity index is 2.38. The summed E-state index contributed by atoms with van der Waals surface area (Å²) in [7, 11) is 1.53. The van der Waals surface area contributed by atoms with E-state index in [1.165, 1.54) is 7.11 Å². The monoisotopic (exact) mass is 301 g/mol. The summed E-state index contributed by atoms with van der Waals surface area (Å²) in [6.45, 7) is 6.22. The lowest BCUT2D eigenvalue weighted by Crippen LogP contribution is -2.38. The van der Waals surface area contributed by atoms with Gasteiger partial charge in [-0.1, -0.05) is 31.2 Å². The van der Waals surface area contributed by atoms with Gasteiger partial charge in [0.2, 0.25) is 0 Å². The molecule has 0 bridgehead atoms. The van der Waals surface area contributed by atoms with Gasteiger partial charge < -0.3 is 14.8 Å². The number of hydrogen-bond acceptors (Lipinski definition) is 3. The van der Waals surface area contributed by atoms with E-state index < -0.39 is 5.60 Å².